The lowest BCUT2D eigenvalue weighted by Gasteiger charge is -2.22. The molecule has 6 nitrogen and oxygen atoms in total. The van der Waals surface area contributed by atoms with Gasteiger partial charge in [0, 0.05) is 26.7 Å². The first-order chi connectivity index (χ1) is 12.7. The van der Waals surface area contributed by atoms with Gasteiger partial charge in [0.25, 0.3) is 0 Å². The summed E-state index contributed by atoms with van der Waals surface area (Å²) in [5.41, 5.74) is 1.09. The fourth-order valence-corrected chi connectivity index (χ4v) is 2.57. The number of nitrogens with one attached hydrogen (secondary N) is 1. The number of halogens is 1. The van der Waals surface area contributed by atoms with Crippen LogP contribution in [0.25, 0.3) is 0 Å². The SMILES string of the molecule is CCNC(=NCc1ccc(OC)c(OCC)c1)N(C)CCOCC1CC1.I. The van der Waals surface area contributed by atoms with Gasteiger partial charge in [0.1, 0.15) is 0 Å². The third-order valence-electron chi connectivity index (χ3n) is 4.26. The van der Waals surface area contributed by atoms with E-state index < -0.39 is 0 Å². The van der Waals surface area contributed by atoms with E-state index in [4.69, 9.17) is 19.2 Å². The van der Waals surface area contributed by atoms with Gasteiger partial charge in [0.15, 0.2) is 17.5 Å². The summed E-state index contributed by atoms with van der Waals surface area (Å²) in [7, 11) is 3.70. The van der Waals surface area contributed by atoms with Crippen molar-refractivity contribution in [3.05, 3.63) is 23.8 Å². The van der Waals surface area contributed by atoms with Crippen LogP contribution < -0.4 is 14.8 Å². The maximum Gasteiger partial charge on any atom is 0.194 e. The number of methoxy groups -OCH3 is 1. The summed E-state index contributed by atoms with van der Waals surface area (Å²) in [5.74, 6) is 3.19. The number of rotatable bonds is 11. The van der Waals surface area contributed by atoms with Crippen LogP contribution in [0.15, 0.2) is 23.2 Å². The van der Waals surface area contributed by atoms with Gasteiger partial charge in [-0.2, -0.15) is 0 Å². The molecule has 1 aromatic rings. The summed E-state index contributed by atoms with van der Waals surface area (Å²) in [5, 5.41) is 3.34. The average molecular weight is 491 g/mol. The Morgan fingerprint density at radius 2 is 2.04 bits per heavy atom. The van der Waals surface area contributed by atoms with E-state index in [1.54, 1.807) is 7.11 Å². The lowest BCUT2D eigenvalue weighted by Crippen LogP contribution is -2.40. The molecule has 1 saturated carbocycles. The third-order valence-corrected chi connectivity index (χ3v) is 4.26. The fraction of sp³-hybridized carbons (Fsp3) is 0.650. The van der Waals surface area contributed by atoms with Crippen molar-refractivity contribution in [1.82, 2.24) is 10.2 Å². The largest absolute Gasteiger partial charge is 0.493 e. The number of hydrogen-bond donors (Lipinski definition) is 1. The Labute approximate surface area is 180 Å². The lowest BCUT2D eigenvalue weighted by molar-refractivity contribution is 0.115. The molecule has 0 aromatic heterocycles. The molecule has 0 unspecified atom stereocenters. The van der Waals surface area contributed by atoms with E-state index in [9.17, 15) is 0 Å². The van der Waals surface area contributed by atoms with Gasteiger partial charge in [-0.3, -0.25) is 0 Å². The summed E-state index contributed by atoms with van der Waals surface area (Å²) < 4.78 is 16.7. The molecule has 0 spiro atoms. The summed E-state index contributed by atoms with van der Waals surface area (Å²) in [6.07, 6.45) is 2.65. The fourth-order valence-electron chi connectivity index (χ4n) is 2.57. The highest BCUT2D eigenvalue weighted by Gasteiger charge is 2.21. The van der Waals surface area contributed by atoms with E-state index in [1.165, 1.54) is 12.8 Å². The first kappa shape index (κ1) is 23.8. The van der Waals surface area contributed by atoms with Gasteiger partial charge < -0.3 is 24.4 Å². The molecule has 0 bridgehead atoms. The molecule has 1 aromatic carbocycles. The van der Waals surface area contributed by atoms with Crippen LogP contribution in [0, 0.1) is 5.92 Å². The molecule has 2 rings (SSSR count). The first-order valence-corrected chi connectivity index (χ1v) is 9.54. The minimum absolute atomic E-state index is 0. The first-order valence-electron chi connectivity index (χ1n) is 9.54. The molecule has 0 atom stereocenters. The standard InChI is InChI=1S/C20H33N3O3.HI/c1-5-21-20(23(3)11-12-25-15-16-7-8-16)22-14-17-9-10-18(24-4)19(13-17)26-6-2;/h9-10,13,16H,5-8,11-12,14-15H2,1-4H3,(H,21,22);1H. The molecule has 0 saturated heterocycles. The minimum atomic E-state index is 0. The molecule has 1 aliphatic carbocycles. The number of nitrogens with zero attached hydrogens (tertiary/aromatic N) is 2. The van der Waals surface area contributed by atoms with Gasteiger partial charge in [-0.15, -0.1) is 24.0 Å². The van der Waals surface area contributed by atoms with E-state index >= 15 is 0 Å². The predicted octanol–water partition coefficient (Wildman–Crippen LogP) is 3.54. The Kier molecular flexibility index (Phi) is 11.5. The van der Waals surface area contributed by atoms with Crippen LogP contribution in [0.5, 0.6) is 11.5 Å². The van der Waals surface area contributed by atoms with Crippen molar-refractivity contribution in [2.45, 2.75) is 33.2 Å². The van der Waals surface area contributed by atoms with E-state index in [-0.39, 0.29) is 24.0 Å². The zero-order valence-electron chi connectivity index (χ0n) is 17.0. The number of benzene rings is 1. The van der Waals surface area contributed by atoms with Crippen LogP contribution in [0.2, 0.25) is 0 Å². The monoisotopic (exact) mass is 491 g/mol. The van der Waals surface area contributed by atoms with Crippen molar-refractivity contribution in [3.63, 3.8) is 0 Å². The Morgan fingerprint density at radius 3 is 2.67 bits per heavy atom. The second kappa shape index (κ2) is 13.0. The maximum absolute atomic E-state index is 5.73. The number of likely N-dealkylation sites (N-methyl/N-ethyl adjacent to an activating group) is 1. The summed E-state index contributed by atoms with van der Waals surface area (Å²) in [6, 6.07) is 5.94. The van der Waals surface area contributed by atoms with Crippen molar-refractivity contribution in [3.8, 4) is 11.5 Å². The van der Waals surface area contributed by atoms with Crippen molar-refractivity contribution in [2.24, 2.45) is 10.9 Å². The Morgan fingerprint density at radius 1 is 1.26 bits per heavy atom. The van der Waals surface area contributed by atoms with E-state index in [2.05, 4.69) is 17.1 Å². The Bertz CT molecular complexity index is 580. The van der Waals surface area contributed by atoms with Gasteiger partial charge in [-0.05, 0) is 50.3 Å². The van der Waals surface area contributed by atoms with Gasteiger partial charge in [-0.25, -0.2) is 4.99 Å². The number of guanidine groups is 1. The van der Waals surface area contributed by atoms with Crippen LogP contribution in [0.4, 0.5) is 0 Å². The Balaban J connectivity index is 0.00000364. The van der Waals surface area contributed by atoms with E-state index in [0.29, 0.717) is 13.2 Å². The van der Waals surface area contributed by atoms with Gasteiger partial charge in [0.2, 0.25) is 0 Å². The van der Waals surface area contributed by atoms with Gasteiger partial charge in [0.05, 0.1) is 26.9 Å². The molecule has 1 aliphatic rings. The highest BCUT2D eigenvalue weighted by atomic mass is 127. The molecule has 0 radical (unpaired) electrons. The van der Waals surface area contributed by atoms with Gasteiger partial charge in [-0.1, -0.05) is 6.07 Å². The zero-order valence-corrected chi connectivity index (χ0v) is 19.3. The number of aliphatic imine (C=N–C) groups is 1. The highest BCUT2D eigenvalue weighted by molar-refractivity contribution is 14.0. The van der Waals surface area contributed by atoms with Crippen LogP contribution >= 0.6 is 24.0 Å². The molecule has 0 aliphatic heterocycles. The zero-order chi connectivity index (χ0) is 18.8. The lowest BCUT2D eigenvalue weighted by atomic mass is 10.2. The third kappa shape index (κ3) is 8.55. The van der Waals surface area contributed by atoms with E-state index in [0.717, 1.165) is 55.2 Å². The molecular weight excluding hydrogens is 457 g/mol. The predicted molar refractivity (Wildman–Crippen MR) is 121 cm³/mol. The van der Waals surface area contributed by atoms with Crippen LogP contribution in [-0.4, -0.2) is 57.9 Å². The Hall–Kier alpha value is -1.22. The molecule has 0 amide bonds. The molecular formula is C20H34IN3O3. The molecule has 0 heterocycles. The van der Waals surface area contributed by atoms with Crippen LogP contribution in [-0.2, 0) is 11.3 Å². The summed E-state index contributed by atoms with van der Waals surface area (Å²) in [6.45, 7) is 8.52. The topological polar surface area (TPSA) is 55.3 Å². The van der Waals surface area contributed by atoms with Crippen molar-refractivity contribution in [1.29, 1.82) is 0 Å². The highest BCUT2D eigenvalue weighted by Crippen LogP contribution is 2.29. The quantitative estimate of drug-likeness (QED) is 0.222. The molecule has 27 heavy (non-hydrogen) atoms. The second-order valence-corrected chi connectivity index (χ2v) is 6.53. The minimum Gasteiger partial charge on any atom is -0.493 e. The van der Waals surface area contributed by atoms with Crippen LogP contribution in [0.3, 0.4) is 0 Å². The smallest absolute Gasteiger partial charge is 0.194 e. The number of hydrogen-bond acceptors (Lipinski definition) is 4. The van der Waals surface area contributed by atoms with Gasteiger partial charge >= 0.3 is 0 Å². The van der Waals surface area contributed by atoms with Crippen molar-refractivity contribution in [2.75, 3.05) is 47.1 Å². The number of ether oxygens (including phenoxy) is 3. The average Bonchev–Trinajstić information content (AvgIpc) is 3.47. The molecule has 154 valence electrons. The molecule has 1 N–H and O–H groups in total. The molecule has 7 heteroatoms. The van der Waals surface area contributed by atoms with Crippen molar-refractivity contribution >= 4 is 29.9 Å². The van der Waals surface area contributed by atoms with E-state index in [1.807, 2.05) is 32.2 Å². The normalized spacial score (nSPS) is 13.7. The summed E-state index contributed by atoms with van der Waals surface area (Å²) in [4.78, 5) is 6.86. The molecule has 1 fully saturated rings. The van der Waals surface area contributed by atoms with Crippen LogP contribution in [0.1, 0.15) is 32.3 Å². The summed E-state index contributed by atoms with van der Waals surface area (Å²) >= 11 is 0. The maximum atomic E-state index is 5.73. The second-order valence-electron chi connectivity index (χ2n) is 6.53. The van der Waals surface area contributed by atoms with Crippen molar-refractivity contribution < 1.29 is 14.2 Å².